The zero-order valence-electron chi connectivity index (χ0n) is 17.4. The highest BCUT2D eigenvalue weighted by Gasteiger charge is 2.33. The first-order valence-electron chi connectivity index (χ1n) is 9.84. The van der Waals surface area contributed by atoms with Crippen LogP contribution in [0.4, 0.5) is 17.1 Å². The molecule has 9 heteroatoms. The van der Waals surface area contributed by atoms with E-state index >= 15 is 0 Å². The van der Waals surface area contributed by atoms with Crippen molar-refractivity contribution >= 4 is 34.6 Å². The van der Waals surface area contributed by atoms with E-state index in [0.717, 1.165) is 5.76 Å². The Bertz CT molecular complexity index is 1220. The smallest absolute Gasteiger partial charge is 0.256 e. The van der Waals surface area contributed by atoms with Crippen LogP contribution in [-0.4, -0.2) is 31.1 Å². The Kier molecular flexibility index (Phi) is 5.60. The maximum atomic E-state index is 12.9. The summed E-state index contributed by atoms with van der Waals surface area (Å²) in [5.41, 5.74) is 0.537. The first-order valence-corrected chi connectivity index (χ1v) is 10.2. The zero-order chi connectivity index (χ0) is 22.3. The van der Waals surface area contributed by atoms with Crippen molar-refractivity contribution in [1.82, 2.24) is 4.90 Å². The maximum Gasteiger partial charge on any atom is 0.256 e. The zero-order valence-corrected chi connectivity index (χ0v) is 18.1. The van der Waals surface area contributed by atoms with Gasteiger partial charge < -0.3 is 24.7 Å². The molecule has 8 nitrogen and oxygen atoms in total. The van der Waals surface area contributed by atoms with Gasteiger partial charge in [-0.05, 0) is 38.1 Å². The van der Waals surface area contributed by atoms with Gasteiger partial charge in [0.05, 0.1) is 23.9 Å². The van der Waals surface area contributed by atoms with Gasteiger partial charge in [-0.25, -0.2) is 0 Å². The summed E-state index contributed by atoms with van der Waals surface area (Å²) in [7, 11) is 1.57. The van der Waals surface area contributed by atoms with E-state index in [-0.39, 0.29) is 23.3 Å². The molecule has 0 saturated heterocycles. The van der Waals surface area contributed by atoms with Crippen LogP contribution in [0.3, 0.4) is 0 Å². The standard InChI is InChI=1S/C22H22ClN3O5/c1-11-4-7-16(31-11)12(2)24-18-19(21(28)20(18)27)25-15-6-5-14(23)13-10-26(8-9-30-3)22(29)17(13)15/h4-7,12,24-25H,8-10H2,1-3H3/t12-/m1/s1. The molecule has 0 bridgehead atoms. The van der Waals surface area contributed by atoms with E-state index < -0.39 is 10.9 Å². The molecule has 31 heavy (non-hydrogen) atoms. The molecule has 0 aliphatic carbocycles. The second kappa shape index (κ2) is 8.20. The first kappa shape index (κ1) is 21.1. The van der Waals surface area contributed by atoms with Gasteiger partial charge in [0.25, 0.3) is 16.8 Å². The van der Waals surface area contributed by atoms with Gasteiger partial charge in [0.15, 0.2) is 0 Å². The molecule has 3 aromatic rings. The summed E-state index contributed by atoms with van der Waals surface area (Å²) < 4.78 is 10.7. The lowest BCUT2D eigenvalue weighted by molar-refractivity contribution is 0.0720. The van der Waals surface area contributed by atoms with Crippen molar-refractivity contribution in [3.63, 3.8) is 0 Å². The van der Waals surface area contributed by atoms with Crippen molar-refractivity contribution < 1.29 is 13.9 Å². The monoisotopic (exact) mass is 443 g/mol. The van der Waals surface area contributed by atoms with Crippen LogP contribution in [0.1, 0.15) is 40.4 Å². The molecular weight excluding hydrogens is 422 g/mol. The number of carbonyl (C=O) groups is 1. The average molecular weight is 444 g/mol. The Morgan fingerprint density at radius 2 is 1.90 bits per heavy atom. The minimum absolute atomic E-state index is 0.118. The fraction of sp³-hybridized carbons (Fsp3) is 0.318. The van der Waals surface area contributed by atoms with E-state index in [0.29, 0.717) is 47.3 Å². The van der Waals surface area contributed by atoms with Crippen LogP contribution < -0.4 is 21.5 Å². The largest absolute Gasteiger partial charge is 0.464 e. The van der Waals surface area contributed by atoms with E-state index in [4.69, 9.17) is 20.8 Å². The molecule has 1 atom stereocenters. The van der Waals surface area contributed by atoms with E-state index in [1.807, 2.05) is 26.0 Å². The Labute approximate surface area is 183 Å². The first-order chi connectivity index (χ1) is 14.8. The molecule has 2 N–H and O–H groups in total. The van der Waals surface area contributed by atoms with E-state index in [9.17, 15) is 14.4 Å². The van der Waals surface area contributed by atoms with Crippen molar-refractivity contribution in [1.29, 1.82) is 0 Å². The number of methoxy groups -OCH3 is 1. The van der Waals surface area contributed by atoms with Crippen LogP contribution in [0.5, 0.6) is 0 Å². The van der Waals surface area contributed by atoms with Crippen LogP contribution >= 0.6 is 11.6 Å². The SMILES string of the molecule is COCCN1Cc2c(Cl)ccc(Nc3c(N[C@H](C)c4ccc(C)o4)c(=O)c3=O)c2C1=O. The Morgan fingerprint density at radius 1 is 1.16 bits per heavy atom. The molecule has 1 aromatic heterocycles. The number of fused-ring (bicyclic) bond motifs is 1. The highest BCUT2D eigenvalue weighted by atomic mass is 35.5. The Balaban J connectivity index is 1.62. The van der Waals surface area contributed by atoms with Gasteiger partial charge in [-0.2, -0.15) is 0 Å². The molecule has 0 saturated carbocycles. The number of hydrogen-bond acceptors (Lipinski definition) is 7. The molecule has 0 unspecified atom stereocenters. The van der Waals surface area contributed by atoms with Gasteiger partial charge in [0, 0.05) is 30.8 Å². The molecule has 162 valence electrons. The third kappa shape index (κ3) is 3.73. The fourth-order valence-corrected chi connectivity index (χ4v) is 3.90. The second-order valence-electron chi connectivity index (χ2n) is 7.52. The predicted octanol–water partition coefficient (Wildman–Crippen LogP) is 3.36. The minimum atomic E-state index is -0.643. The number of furan rings is 1. The summed E-state index contributed by atoms with van der Waals surface area (Å²) in [4.78, 5) is 39.1. The number of ether oxygens (including phenoxy) is 1. The quantitative estimate of drug-likeness (QED) is 0.515. The molecule has 2 aromatic carbocycles. The van der Waals surface area contributed by atoms with Crippen molar-refractivity contribution in [2.45, 2.75) is 26.4 Å². The van der Waals surface area contributed by atoms with Crippen molar-refractivity contribution in [2.24, 2.45) is 0 Å². The Morgan fingerprint density at radius 3 is 2.58 bits per heavy atom. The van der Waals surface area contributed by atoms with Gasteiger partial charge in [0.1, 0.15) is 22.9 Å². The lowest BCUT2D eigenvalue weighted by atomic mass is 10.1. The van der Waals surface area contributed by atoms with Gasteiger partial charge in [-0.1, -0.05) is 11.6 Å². The number of rotatable bonds is 8. The number of nitrogens with one attached hydrogen (secondary N) is 2. The van der Waals surface area contributed by atoms with Crippen LogP contribution in [0.2, 0.25) is 5.02 Å². The fourth-order valence-electron chi connectivity index (χ4n) is 3.69. The highest BCUT2D eigenvalue weighted by molar-refractivity contribution is 6.32. The highest BCUT2D eigenvalue weighted by Crippen LogP contribution is 2.36. The van der Waals surface area contributed by atoms with Crippen LogP contribution in [0, 0.1) is 6.92 Å². The molecule has 1 aliphatic heterocycles. The van der Waals surface area contributed by atoms with Crippen LogP contribution in [0.15, 0.2) is 38.3 Å². The lowest BCUT2D eigenvalue weighted by Gasteiger charge is -2.19. The lowest BCUT2D eigenvalue weighted by Crippen LogP contribution is -2.37. The second-order valence-corrected chi connectivity index (χ2v) is 7.92. The molecule has 0 spiro atoms. The number of anilines is 3. The van der Waals surface area contributed by atoms with Crippen LogP contribution in [0.25, 0.3) is 0 Å². The van der Waals surface area contributed by atoms with Crippen molar-refractivity contribution in [3.8, 4) is 0 Å². The van der Waals surface area contributed by atoms with Gasteiger partial charge in [0.2, 0.25) is 0 Å². The predicted molar refractivity (Wildman–Crippen MR) is 118 cm³/mol. The third-order valence-corrected chi connectivity index (χ3v) is 5.74. The average Bonchev–Trinajstić information content (AvgIpc) is 3.34. The minimum Gasteiger partial charge on any atom is -0.464 e. The van der Waals surface area contributed by atoms with E-state index in [2.05, 4.69) is 10.6 Å². The van der Waals surface area contributed by atoms with Gasteiger partial charge >= 0.3 is 0 Å². The summed E-state index contributed by atoms with van der Waals surface area (Å²) in [6.45, 7) is 4.84. The summed E-state index contributed by atoms with van der Waals surface area (Å²) in [6.07, 6.45) is 0. The molecule has 4 rings (SSSR count). The number of hydrogen-bond donors (Lipinski definition) is 2. The Hall–Kier alpha value is -3.10. The van der Waals surface area contributed by atoms with Crippen molar-refractivity contribution in [2.75, 3.05) is 30.9 Å². The number of aryl methyl sites for hydroxylation is 1. The summed E-state index contributed by atoms with van der Waals surface area (Å²) >= 11 is 6.32. The number of nitrogens with zero attached hydrogens (tertiary/aromatic N) is 1. The topological polar surface area (TPSA) is 101 Å². The molecule has 0 fully saturated rings. The number of halogens is 1. The molecule has 1 amide bonds. The molecular formula is C22H22ClN3O5. The molecule has 2 heterocycles. The van der Waals surface area contributed by atoms with E-state index in [1.165, 1.54) is 0 Å². The normalized spacial score (nSPS) is 14.2. The van der Waals surface area contributed by atoms with Gasteiger partial charge in [-0.3, -0.25) is 14.4 Å². The van der Waals surface area contributed by atoms with Gasteiger partial charge in [-0.15, -0.1) is 0 Å². The summed E-state index contributed by atoms with van der Waals surface area (Å²) in [6, 6.07) is 6.62. The molecule has 0 radical (unpaired) electrons. The number of amides is 1. The number of carbonyl (C=O) groups excluding carboxylic acids is 1. The molecule has 1 aliphatic rings. The summed E-state index contributed by atoms with van der Waals surface area (Å²) in [5.74, 6) is 1.19. The summed E-state index contributed by atoms with van der Waals surface area (Å²) in [5, 5.41) is 6.49. The van der Waals surface area contributed by atoms with Crippen molar-refractivity contribution in [3.05, 3.63) is 72.4 Å². The third-order valence-electron chi connectivity index (χ3n) is 5.39. The maximum absolute atomic E-state index is 12.9. The number of benzene rings is 1. The van der Waals surface area contributed by atoms with E-state index in [1.54, 1.807) is 24.1 Å². The van der Waals surface area contributed by atoms with Crippen LogP contribution in [-0.2, 0) is 11.3 Å².